The van der Waals surface area contributed by atoms with Crippen molar-refractivity contribution < 1.29 is 4.79 Å². The molecule has 0 fully saturated rings. The highest BCUT2D eigenvalue weighted by Gasteiger charge is 2.11. The third-order valence-electron chi connectivity index (χ3n) is 2.68. The monoisotopic (exact) mass is 213 g/mol. The molecule has 1 heterocycles. The first-order valence-electron chi connectivity index (χ1n) is 5.37. The molecule has 1 aliphatic heterocycles. The smallest absolute Gasteiger partial charge is 0.192 e. The van der Waals surface area contributed by atoms with Crippen molar-refractivity contribution >= 4 is 5.78 Å². The summed E-state index contributed by atoms with van der Waals surface area (Å²) in [5.74, 6) is 0.101. The van der Waals surface area contributed by atoms with E-state index in [2.05, 4.69) is 0 Å². The number of carbonyl (C=O) groups excluding carboxylic acids is 1. The van der Waals surface area contributed by atoms with Crippen molar-refractivity contribution in [2.75, 3.05) is 13.6 Å². The normalized spacial score (nSPS) is 14.9. The SMILES string of the molecule is Cc1ccc(C(=O)C2=CCN(C)C=C2)cc1. The molecule has 0 bridgehead atoms. The molecule has 0 aliphatic carbocycles. The number of allylic oxidation sites excluding steroid dienone is 2. The van der Waals surface area contributed by atoms with Crippen LogP contribution in [-0.2, 0) is 0 Å². The Labute approximate surface area is 95.9 Å². The number of ketones is 1. The minimum absolute atomic E-state index is 0.101. The molecule has 0 saturated heterocycles. The zero-order chi connectivity index (χ0) is 11.5. The van der Waals surface area contributed by atoms with Gasteiger partial charge in [-0.2, -0.15) is 0 Å². The van der Waals surface area contributed by atoms with Gasteiger partial charge in [-0.25, -0.2) is 0 Å². The molecule has 16 heavy (non-hydrogen) atoms. The predicted octanol–water partition coefficient (Wildman–Crippen LogP) is 2.56. The summed E-state index contributed by atoms with van der Waals surface area (Å²) in [5.41, 5.74) is 2.71. The second kappa shape index (κ2) is 4.35. The van der Waals surface area contributed by atoms with Crippen molar-refractivity contribution in [1.29, 1.82) is 0 Å². The van der Waals surface area contributed by atoms with Crippen LogP contribution in [0.2, 0.25) is 0 Å². The van der Waals surface area contributed by atoms with E-state index in [0.29, 0.717) is 0 Å². The van der Waals surface area contributed by atoms with Gasteiger partial charge in [-0.05, 0) is 19.2 Å². The predicted molar refractivity (Wildman–Crippen MR) is 65.4 cm³/mol. The van der Waals surface area contributed by atoms with Crippen molar-refractivity contribution in [2.45, 2.75) is 6.92 Å². The average molecular weight is 213 g/mol. The van der Waals surface area contributed by atoms with E-state index in [-0.39, 0.29) is 5.78 Å². The molecule has 2 nitrogen and oxygen atoms in total. The molecule has 0 atom stereocenters. The van der Waals surface area contributed by atoms with E-state index in [1.54, 1.807) is 0 Å². The number of aryl methyl sites for hydroxylation is 1. The van der Waals surface area contributed by atoms with Crippen LogP contribution in [0.1, 0.15) is 15.9 Å². The Morgan fingerprint density at radius 3 is 2.50 bits per heavy atom. The standard InChI is InChI=1S/C14H15NO/c1-11-3-5-12(6-4-11)14(16)13-7-9-15(2)10-8-13/h3-9H,10H2,1-2H3. The molecule has 0 radical (unpaired) electrons. The largest absolute Gasteiger partial charge is 0.377 e. The number of Topliss-reactive ketones (excluding diaryl/α,β-unsaturated/α-hetero) is 1. The fourth-order valence-corrected chi connectivity index (χ4v) is 1.62. The van der Waals surface area contributed by atoms with Gasteiger partial charge in [0, 0.05) is 24.7 Å². The molecular weight excluding hydrogens is 198 g/mol. The van der Waals surface area contributed by atoms with E-state index in [1.807, 2.05) is 61.5 Å². The van der Waals surface area contributed by atoms with Gasteiger partial charge in [-0.3, -0.25) is 4.79 Å². The molecule has 2 heteroatoms. The fraction of sp³-hybridized carbons (Fsp3) is 0.214. The molecule has 1 aromatic rings. The second-order valence-corrected chi connectivity index (χ2v) is 4.11. The summed E-state index contributed by atoms with van der Waals surface area (Å²) in [6.45, 7) is 2.81. The Hall–Kier alpha value is -1.83. The van der Waals surface area contributed by atoms with Crippen LogP contribution in [0.5, 0.6) is 0 Å². The zero-order valence-electron chi connectivity index (χ0n) is 9.60. The van der Waals surface area contributed by atoms with Crippen molar-refractivity contribution in [3.8, 4) is 0 Å². The van der Waals surface area contributed by atoms with Gasteiger partial charge in [0.05, 0.1) is 0 Å². The van der Waals surface area contributed by atoms with E-state index < -0.39 is 0 Å². The lowest BCUT2D eigenvalue weighted by Gasteiger charge is -2.16. The van der Waals surface area contributed by atoms with Crippen LogP contribution in [0.3, 0.4) is 0 Å². The quantitative estimate of drug-likeness (QED) is 0.704. The first-order chi connectivity index (χ1) is 7.66. The third kappa shape index (κ3) is 2.22. The minimum Gasteiger partial charge on any atom is -0.377 e. The maximum Gasteiger partial charge on any atom is 0.192 e. The number of likely N-dealkylation sites (N-methyl/N-ethyl adjacent to an activating group) is 1. The molecule has 0 spiro atoms. The molecule has 0 unspecified atom stereocenters. The summed E-state index contributed by atoms with van der Waals surface area (Å²) >= 11 is 0. The Morgan fingerprint density at radius 1 is 1.25 bits per heavy atom. The number of rotatable bonds is 2. The van der Waals surface area contributed by atoms with Crippen LogP contribution < -0.4 is 0 Å². The van der Waals surface area contributed by atoms with Gasteiger partial charge >= 0.3 is 0 Å². The molecule has 1 aliphatic rings. The maximum atomic E-state index is 12.1. The van der Waals surface area contributed by atoms with Crippen molar-refractivity contribution in [3.05, 3.63) is 59.3 Å². The van der Waals surface area contributed by atoms with Crippen molar-refractivity contribution in [2.24, 2.45) is 0 Å². The van der Waals surface area contributed by atoms with Crippen molar-refractivity contribution in [1.82, 2.24) is 4.90 Å². The molecule has 0 N–H and O–H groups in total. The van der Waals surface area contributed by atoms with Crippen molar-refractivity contribution in [3.63, 3.8) is 0 Å². The second-order valence-electron chi connectivity index (χ2n) is 4.11. The van der Waals surface area contributed by atoms with E-state index in [9.17, 15) is 4.79 Å². The van der Waals surface area contributed by atoms with Crippen LogP contribution in [0.4, 0.5) is 0 Å². The number of nitrogens with zero attached hydrogens (tertiary/aromatic N) is 1. The van der Waals surface area contributed by atoms with Gasteiger partial charge in [0.1, 0.15) is 0 Å². The van der Waals surface area contributed by atoms with Gasteiger partial charge in [0.15, 0.2) is 5.78 Å². The molecular formula is C14H15NO. The lowest BCUT2D eigenvalue weighted by Crippen LogP contribution is -2.16. The first-order valence-corrected chi connectivity index (χ1v) is 5.37. The zero-order valence-corrected chi connectivity index (χ0v) is 9.60. The summed E-state index contributed by atoms with van der Waals surface area (Å²) in [4.78, 5) is 14.1. The third-order valence-corrected chi connectivity index (χ3v) is 2.68. The summed E-state index contributed by atoms with van der Waals surface area (Å²) in [7, 11) is 1.99. The van der Waals surface area contributed by atoms with E-state index in [1.165, 1.54) is 5.56 Å². The molecule has 0 saturated carbocycles. The van der Waals surface area contributed by atoms with Crippen LogP contribution in [0, 0.1) is 6.92 Å². The maximum absolute atomic E-state index is 12.1. The highest BCUT2D eigenvalue weighted by Crippen LogP contribution is 2.13. The lowest BCUT2D eigenvalue weighted by molar-refractivity contribution is 0.103. The Kier molecular flexibility index (Phi) is 2.91. The van der Waals surface area contributed by atoms with Crippen LogP contribution in [0.25, 0.3) is 0 Å². The molecule has 82 valence electrons. The summed E-state index contributed by atoms with van der Waals surface area (Å²) in [5, 5.41) is 0. The van der Waals surface area contributed by atoms with Crippen LogP contribution in [-0.4, -0.2) is 24.3 Å². The van der Waals surface area contributed by atoms with Crippen LogP contribution in [0.15, 0.2) is 48.2 Å². The van der Waals surface area contributed by atoms with Gasteiger partial charge < -0.3 is 4.90 Å². The summed E-state index contributed by atoms with van der Waals surface area (Å²) < 4.78 is 0. The topological polar surface area (TPSA) is 20.3 Å². The molecule has 2 rings (SSSR count). The van der Waals surface area contributed by atoms with Gasteiger partial charge in [-0.15, -0.1) is 0 Å². The Morgan fingerprint density at radius 2 is 1.94 bits per heavy atom. The van der Waals surface area contributed by atoms with E-state index in [0.717, 1.165) is 17.7 Å². The van der Waals surface area contributed by atoms with Crippen LogP contribution >= 0.6 is 0 Å². The van der Waals surface area contributed by atoms with E-state index >= 15 is 0 Å². The van der Waals surface area contributed by atoms with Gasteiger partial charge in [0.25, 0.3) is 0 Å². The Bertz CT molecular complexity index is 454. The highest BCUT2D eigenvalue weighted by molar-refractivity contribution is 6.10. The average Bonchev–Trinajstić information content (AvgIpc) is 2.30. The minimum atomic E-state index is 0.101. The number of carbonyl (C=O) groups is 1. The molecule has 1 aromatic carbocycles. The molecule has 0 aromatic heterocycles. The lowest BCUT2D eigenvalue weighted by atomic mass is 10.0. The number of hydrogen-bond acceptors (Lipinski definition) is 2. The van der Waals surface area contributed by atoms with Gasteiger partial charge in [-0.1, -0.05) is 35.9 Å². The fourth-order valence-electron chi connectivity index (χ4n) is 1.62. The highest BCUT2D eigenvalue weighted by atomic mass is 16.1. The first kappa shape index (κ1) is 10.7. The van der Waals surface area contributed by atoms with Gasteiger partial charge in [0.2, 0.25) is 0 Å². The number of benzene rings is 1. The summed E-state index contributed by atoms with van der Waals surface area (Å²) in [6, 6.07) is 7.69. The molecule has 0 amide bonds. The number of hydrogen-bond donors (Lipinski definition) is 0. The Balaban J connectivity index is 2.20. The van der Waals surface area contributed by atoms with E-state index in [4.69, 9.17) is 0 Å². The summed E-state index contributed by atoms with van der Waals surface area (Å²) in [6.07, 6.45) is 5.76.